The van der Waals surface area contributed by atoms with E-state index in [1.807, 2.05) is 37.4 Å². The summed E-state index contributed by atoms with van der Waals surface area (Å²) in [5.74, 6) is 2.15. The first kappa shape index (κ1) is 21.0. The number of hydrogen-bond acceptors (Lipinski definition) is 7. The highest BCUT2D eigenvalue weighted by atomic mass is 32.2. The Bertz CT molecular complexity index is 852. The lowest BCUT2D eigenvalue weighted by Gasteiger charge is -2.42. The van der Waals surface area contributed by atoms with Crippen molar-refractivity contribution in [1.82, 2.24) is 19.2 Å². The molecule has 2 aromatic rings. The fourth-order valence-electron chi connectivity index (χ4n) is 4.05. The molecule has 30 heavy (non-hydrogen) atoms. The fourth-order valence-corrected chi connectivity index (χ4v) is 4.53. The molecule has 0 saturated carbocycles. The number of nitrogens with one attached hydrogen (secondary N) is 1. The SMILES string of the molecule is CNc1ccc(Oc2cc(N3CCC(N4CCN(S(=O)O)CC4)CC3)ncn2)cc1. The van der Waals surface area contributed by atoms with Gasteiger partial charge in [-0.25, -0.2) is 14.2 Å². The van der Waals surface area contributed by atoms with Gasteiger partial charge in [-0.05, 0) is 37.1 Å². The number of benzene rings is 1. The monoisotopic (exact) mass is 432 g/mol. The summed E-state index contributed by atoms with van der Waals surface area (Å²) in [6.07, 6.45) is 3.65. The molecule has 0 bridgehead atoms. The van der Waals surface area contributed by atoms with Gasteiger partial charge in [0, 0.05) is 64.1 Å². The maximum atomic E-state index is 11.2. The van der Waals surface area contributed by atoms with Crippen LogP contribution in [0.4, 0.5) is 11.5 Å². The minimum atomic E-state index is -1.85. The van der Waals surface area contributed by atoms with Crippen LogP contribution in [0.25, 0.3) is 0 Å². The van der Waals surface area contributed by atoms with Gasteiger partial charge in [-0.1, -0.05) is 0 Å². The lowest BCUT2D eigenvalue weighted by molar-refractivity contribution is 0.119. The minimum Gasteiger partial charge on any atom is -0.439 e. The van der Waals surface area contributed by atoms with Gasteiger partial charge in [-0.15, -0.1) is 0 Å². The fraction of sp³-hybridized carbons (Fsp3) is 0.500. The van der Waals surface area contributed by atoms with E-state index in [1.165, 1.54) is 0 Å². The second-order valence-corrected chi connectivity index (χ2v) is 8.48. The first-order valence-electron chi connectivity index (χ1n) is 10.2. The topological polar surface area (TPSA) is 94.1 Å². The van der Waals surface area contributed by atoms with E-state index >= 15 is 0 Å². The third-order valence-electron chi connectivity index (χ3n) is 5.79. The van der Waals surface area contributed by atoms with Crippen LogP contribution in [-0.2, 0) is 11.3 Å². The number of rotatable bonds is 6. The molecule has 10 heteroatoms. The predicted molar refractivity (Wildman–Crippen MR) is 117 cm³/mol. The van der Waals surface area contributed by atoms with Crippen molar-refractivity contribution in [3.8, 4) is 11.6 Å². The molecular formula is C20H28N6O3S. The van der Waals surface area contributed by atoms with Crippen LogP contribution in [0.3, 0.4) is 0 Å². The second kappa shape index (κ2) is 9.69. The van der Waals surface area contributed by atoms with E-state index in [9.17, 15) is 8.76 Å². The van der Waals surface area contributed by atoms with Crippen molar-refractivity contribution in [3.05, 3.63) is 36.7 Å². The molecule has 3 heterocycles. The summed E-state index contributed by atoms with van der Waals surface area (Å²) >= 11 is -1.85. The summed E-state index contributed by atoms with van der Waals surface area (Å²) < 4.78 is 27.9. The van der Waals surface area contributed by atoms with Crippen LogP contribution in [0.5, 0.6) is 11.6 Å². The molecule has 0 spiro atoms. The summed E-state index contributed by atoms with van der Waals surface area (Å²) in [5, 5.41) is 3.09. The molecule has 2 saturated heterocycles. The molecule has 4 rings (SSSR count). The average Bonchev–Trinajstić information content (AvgIpc) is 2.80. The molecule has 0 radical (unpaired) electrons. The molecule has 0 amide bonds. The molecule has 1 unspecified atom stereocenters. The molecule has 2 aliphatic rings. The average molecular weight is 433 g/mol. The third kappa shape index (κ3) is 5.07. The molecule has 2 N–H and O–H groups in total. The summed E-state index contributed by atoms with van der Waals surface area (Å²) in [6.45, 7) is 4.81. The Morgan fingerprint density at radius 1 is 1.07 bits per heavy atom. The third-order valence-corrected chi connectivity index (χ3v) is 6.60. The highest BCUT2D eigenvalue weighted by Crippen LogP contribution is 2.26. The van der Waals surface area contributed by atoms with E-state index in [4.69, 9.17) is 4.74 Å². The first-order valence-corrected chi connectivity index (χ1v) is 11.3. The van der Waals surface area contributed by atoms with Crippen LogP contribution < -0.4 is 15.0 Å². The van der Waals surface area contributed by atoms with Crippen LogP contribution in [0, 0.1) is 0 Å². The summed E-state index contributed by atoms with van der Waals surface area (Å²) in [5.41, 5.74) is 1.03. The number of piperazine rings is 1. The molecule has 1 aromatic heterocycles. The standard InChI is InChI=1S/C20H28N6O3S/c1-21-16-2-4-18(5-3-16)29-20-14-19(22-15-23-20)25-8-6-17(7-9-25)24-10-12-26(13-11-24)30(27)28/h2-5,14-15,17,21H,6-13H2,1H3,(H,27,28). The maximum Gasteiger partial charge on any atom is 0.234 e. The van der Waals surface area contributed by atoms with Gasteiger partial charge in [0.25, 0.3) is 0 Å². The Labute approximate surface area is 179 Å². The Morgan fingerprint density at radius 2 is 1.77 bits per heavy atom. The van der Waals surface area contributed by atoms with Gasteiger partial charge in [0.05, 0.1) is 0 Å². The van der Waals surface area contributed by atoms with Gasteiger partial charge in [0.2, 0.25) is 17.1 Å². The molecule has 1 atom stereocenters. The molecule has 162 valence electrons. The van der Waals surface area contributed by atoms with Crippen molar-refractivity contribution in [3.63, 3.8) is 0 Å². The van der Waals surface area contributed by atoms with E-state index in [1.54, 1.807) is 10.6 Å². The van der Waals surface area contributed by atoms with Crippen LogP contribution in [0.1, 0.15) is 12.8 Å². The number of nitrogens with zero attached hydrogens (tertiary/aromatic N) is 5. The number of piperidine rings is 1. The van der Waals surface area contributed by atoms with Gasteiger partial charge in [-0.3, -0.25) is 9.45 Å². The van der Waals surface area contributed by atoms with Crippen molar-refractivity contribution in [2.75, 3.05) is 56.5 Å². The van der Waals surface area contributed by atoms with Crippen LogP contribution in [0.15, 0.2) is 36.7 Å². The number of ether oxygens (including phenoxy) is 1. The van der Waals surface area contributed by atoms with E-state index in [2.05, 4.69) is 25.1 Å². The predicted octanol–water partition coefficient (Wildman–Crippen LogP) is 2.03. The summed E-state index contributed by atoms with van der Waals surface area (Å²) in [4.78, 5) is 13.4. The Hall–Kier alpha value is -2.27. The summed E-state index contributed by atoms with van der Waals surface area (Å²) in [7, 11) is 1.88. The molecule has 1 aromatic carbocycles. The molecule has 2 fully saturated rings. The Morgan fingerprint density at radius 3 is 2.40 bits per heavy atom. The van der Waals surface area contributed by atoms with Gasteiger partial charge >= 0.3 is 0 Å². The van der Waals surface area contributed by atoms with E-state index in [0.717, 1.165) is 56.3 Å². The number of aromatic nitrogens is 2. The lowest BCUT2D eigenvalue weighted by atomic mass is 10.0. The van der Waals surface area contributed by atoms with Crippen molar-refractivity contribution in [1.29, 1.82) is 0 Å². The van der Waals surface area contributed by atoms with Crippen LogP contribution in [-0.4, -0.2) is 80.3 Å². The molecule has 9 nitrogen and oxygen atoms in total. The first-order chi connectivity index (χ1) is 14.6. The quantitative estimate of drug-likeness (QED) is 0.670. The smallest absolute Gasteiger partial charge is 0.234 e. The van der Waals surface area contributed by atoms with Gasteiger partial charge in [0.1, 0.15) is 17.9 Å². The molecule has 2 aliphatic heterocycles. The Balaban J connectivity index is 1.31. The zero-order chi connectivity index (χ0) is 20.9. The summed E-state index contributed by atoms with van der Waals surface area (Å²) in [6, 6.07) is 10.1. The lowest BCUT2D eigenvalue weighted by Crippen LogP contribution is -2.53. The van der Waals surface area contributed by atoms with Crippen molar-refractivity contribution in [2.45, 2.75) is 18.9 Å². The zero-order valence-corrected chi connectivity index (χ0v) is 17.9. The van der Waals surface area contributed by atoms with Crippen molar-refractivity contribution >= 4 is 22.8 Å². The van der Waals surface area contributed by atoms with Gasteiger partial charge < -0.3 is 15.0 Å². The van der Waals surface area contributed by atoms with Gasteiger partial charge in [-0.2, -0.15) is 4.31 Å². The number of hydrogen-bond donors (Lipinski definition) is 2. The van der Waals surface area contributed by atoms with E-state index in [-0.39, 0.29) is 0 Å². The zero-order valence-electron chi connectivity index (χ0n) is 17.1. The second-order valence-electron chi connectivity index (χ2n) is 7.50. The van der Waals surface area contributed by atoms with Crippen LogP contribution in [0.2, 0.25) is 0 Å². The normalized spacial score (nSPS) is 20.1. The largest absolute Gasteiger partial charge is 0.439 e. The minimum absolute atomic E-state index is 0.513. The van der Waals surface area contributed by atoms with Crippen molar-refractivity contribution in [2.24, 2.45) is 0 Å². The van der Waals surface area contributed by atoms with Crippen LogP contribution >= 0.6 is 0 Å². The molecule has 0 aliphatic carbocycles. The van der Waals surface area contributed by atoms with E-state index in [0.29, 0.717) is 25.0 Å². The maximum absolute atomic E-state index is 11.2. The Kier molecular flexibility index (Phi) is 6.78. The molecular weight excluding hydrogens is 404 g/mol. The van der Waals surface area contributed by atoms with Crippen molar-refractivity contribution < 1.29 is 13.5 Å². The highest BCUT2D eigenvalue weighted by Gasteiger charge is 2.29. The highest BCUT2D eigenvalue weighted by molar-refractivity contribution is 7.76. The van der Waals surface area contributed by atoms with E-state index < -0.39 is 11.3 Å². The van der Waals surface area contributed by atoms with Gasteiger partial charge in [0.15, 0.2) is 0 Å². The number of anilines is 2.